The molecule has 1 aromatic heterocycles. The zero-order valence-electron chi connectivity index (χ0n) is 12.2. The molecule has 0 saturated carbocycles. The number of H-pyrrole nitrogens is 1. The molecule has 4 heteroatoms. The summed E-state index contributed by atoms with van der Waals surface area (Å²) in [6.45, 7) is 3.77. The van der Waals surface area contributed by atoms with Crippen LogP contribution >= 0.6 is 0 Å². The fourth-order valence-electron chi connectivity index (χ4n) is 2.38. The van der Waals surface area contributed by atoms with Crippen molar-refractivity contribution in [3.8, 4) is 0 Å². The van der Waals surface area contributed by atoms with Gasteiger partial charge in [0, 0.05) is 30.1 Å². The SMILES string of the molecule is CNCC(C)CNC(=O)CCc1c[nH]c2ccccc12. The average molecular weight is 273 g/mol. The number of carbonyl (C=O) groups is 1. The van der Waals surface area contributed by atoms with E-state index in [4.69, 9.17) is 0 Å². The summed E-state index contributed by atoms with van der Waals surface area (Å²) in [5.41, 5.74) is 2.34. The second kappa shape index (κ2) is 7.10. The fraction of sp³-hybridized carbons (Fsp3) is 0.438. The van der Waals surface area contributed by atoms with E-state index in [1.165, 1.54) is 10.9 Å². The van der Waals surface area contributed by atoms with Gasteiger partial charge in [-0.05, 0) is 37.6 Å². The van der Waals surface area contributed by atoms with Gasteiger partial charge in [-0.3, -0.25) is 4.79 Å². The van der Waals surface area contributed by atoms with Gasteiger partial charge in [0.15, 0.2) is 0 Å². The quantitative estimate of drug-likeness (QED) is 0.723. The topological polar surface area (TPSA) is 56.9 Å². The van der Waals surface area contributed by atoms with Crippen LogP contribution in [-0.4, -0.2) is 31.0 Å². The number of aromatic nitrogens is 1. The summed E-state index contributed by atoms with van der Waals surface area (Å²) in [7, 11) is 1.93. The highest BCUT2D eigenvalue weighted by Crippen LogP contribution is 2.18. The highest BCUT2D eigenvalue weighted by atomic mass is 16.1. The Hall–Kier alpha value is -1.81. The number of hydrogen-bond donors (Lipinski definition) is 3. The standard InChI is InChI=1S/C16H23N3O/c1-12(9-17-2)10-19-16(20)8-7-13-11-18-15-6-4-3-5-14(13)15/h3-6,11-12,17-18H,7-10H2,1-2H3,(H,19,20). The van der Waals surface area contributed by atoms with Crippen molar-refractivity contribution in [1.29, 1.82) is 0 Å². The number of fused-ring (bicyclic) bond motifs is 1. The summed E-state index contributed by atoms with van der Waals surface area (Å²) in [4.78, 5) is 15.1. The lowest BCUT2D eigenvalue weighted by molar-refractivity contribution is -0.121. The Morgan fingerprint density at radius 2 is 2.10 bits per heavy atom. The molecule has 2 aromatic rings. The lowest BCUT2D eigenvalue weighted by atomic mass is 10.1. The van der Waals surface area contributed by atoms with Gasteiger partial charge in [0.2, 0.25) is 5.91 Å². The predicted octanol–water partition coefficient (Wildman–Crippen LogP) is 2.07. The number of aryl methyl sites for hydroxylation is 1. The Bertz CT molecular complexity index is 562. The van der Waals surface area contributed by atoms with Gasteiger partial charge in [0.1, 0.15) is 0 Å². The average Bonchev–Trinajstić information content (AvgIpc) is 2.86. The first-order chi connectivity index (χ1) is 9.70. The number of benzene rings is 1. The van der Waals surface area contributed by atoms with Crippen molar-refractivity contribution < 1.29 is 4.79 Å². The van der Waals surface area contributed by atoms with Gasteiger partial charge < -0.3 is 15.6 Å². The minimum atomic E-state index is 0.123. The van der Waals surface area contributed by atoms with Crippen LogP contribution in [-0.2, 0) is 11.2 Å². The van der Waals surface area contributed by atoms with Crippen LogP contribution < -0.4 is 10.6 Å². The van der Waals surface area contributed by atoms with Crippen LogP contribution in [0.3, 0.4) is 0 Å². The van der Waals surface area contributed by atoms with E-state index in [1.807, 2.05) is 25.4 Å². The van der Waals surface area contributed by atoms with Crippen LogP contribution in [0.25, 0.3) is 10.9 Å². The van der Waals surface area contributed by atoms with Gasteiger partial charge in [-0.1, -0.05) is 25.1 Å². The van der Waals surface area contributed by atoms with E-state index >= 15 is 0 Å². The highest BCUT2D eigenvalue weighted by molar-refractivity contribution is 5.84. The molecule has 0 spiro atoms. The molecule has 0 radical (unpaired) electrons. The van der Waals surface area contributed by atoms with Crippen LogP contribution in [0.15, 0.2) is 30.5 Å². The summed E-state index contributed by atoms with van der Waals surface area (Å²) in [6, 6.07) is 8.18. The molecule has 1 amide bonds. The van der Waals surface area contributed by atoms with E-state index in [1.54, 1.807) is 0 Å². The summed E-state index contributed by atoms with van der Waals surface area (Å²) >= 11 is 0. The van der Waals surface area contributed by atoms with Gasteiger partial charge in [-0.15, -0.1) is 0 Å². The van der Waals surface area contributed by atoms with Crippen LogP contribution in [0.5, 0.6) is 0 Å². The second-order valence-electron chi connectivity index (χ2n) is 5.33. The number of para-hydroxylation sites is 1. The van der Waals surface area contributed by atoms with Crippen molar-refractivity contribution in [1.82, 2.24) is 15.6 Å². The smallest absolute Gasteiger partial charge is 0.220 e. The molecule has 20 heavy (non-hydrogen) atoms. The first-order valence-electron chi connectivity index (χ1n) is 7.17. The van der Waals surface area contributed by atoms with Crippen LogP contribution in [0, 0.1) is 5.92 Å². The third-order valence-corrected chi connectivity index (χ3v) is 3.50. The molecule has 108 valence electrons. The molecule has 0 saturated heterocycles. The van der Waals surface area contributed by atoms with Crippen LogP contribution in [0.1, 0.15) is 18.9 Å². The summed E-state index contributed by atoms with van der Waals surface area (Å²) in [5, 5.41) is 7.31. The Labute approximate surface area is 120 Å². The first kappa shape index (κ1) is 14.6. The van der Waals surface area contributed by atoms with E-state index in [2.05, 4.69) is 34.7 Å². The van der Waals surface area contributed by atoms with Crippen LogP contribution in [0.4, 0.5) is 0 Å². The Morgan fingerprint density at radius 1 is 1.30 bits per heavy atom. The lowest BCUT2D eigenvalue weighted by Crippen LogP contribution is -2.32. The molecule has 0 bridgehead atoms. The molecule has 2 rings (SSSR count). The van der Waals surface area contributed by atoms with Gasteiger partial charge in [-0.2, -0.15) is 0 Å². The third-order valence-electron chi connectivity index (χ3n) is 3.50. The molecule has 0 aliphatic heterocycles. The van der Waals surface area contributed by atoms with Crippen molar-refractivity contribution >= 4 is 16.8 Å². The predicted molar refractivity (Wildman–Crippen MR) is 82.7 cm³/mol. The first-order valence-corrected chi connectivity index (χ1v) is 7.17. The monoisotopic (exact) mass is 273 g/mol. The molecule has 0 aliphatic carbocycles. The number of nitrogens with one attached hydrogen (secondary N) is 3. The van der Waals surface area contributed by atoms with Crippen molar-refractivity contribution in [3.63, 3.8) is 0 Å². The van der Waals surface area contributed by atoms with Crippen molar-refractivity contribution in [3.05, 3.63) is 36.0 Å². The molecule has 0 fully saturated rings. The number of rotatable bonds is 7. The maximum atomic E-state index is 11.8. The third kappa shape index (κ3) is 3.84. The van der Waals surface area contributed by atoms with Gasteiger partial charge >= 0.3 is 0 Å². The Balaban J connectivity index is 1.81. The number of hydrogen-bond acceptors (Lipinski definition) is 2. The molecule has 0 aliphatic rings. The largest absolute Gasteiger partial charge is 0.361 e. The molecule has 4 nitrogen and oxygen atoms in total. The number of carbonyl (C=O) groups excluding carboxylic acids is 1. The van der Waals surface area contributed by atoms with E-state index < -0.39 is 0 Å². The molecule has 1 heterocycles. The zero-order chi connectivity index (χ0) is 14.4. The van der Waals surface area contributed by atoms with E-state index in [-0.39, 0.29) is 5.91 Å². The maximum absolute atomic E-state index is 11.8. The van der Waals surface area contributed by atoms with Crippen molar-refractivity contribution in [2.75, 3.05) is 20.1 Å². The van der Waals surface area contributed by atoms with Gasteiger partial charge in [-0.25, -0.2) is 0 Å². The Kier molecular flexibility index (Phi) is 5.18. The van der Waals surface area contributed by atoms with E-state index in [9.17, 15) is 4.79 Å². The molecule has 3 N–H and O–H groups in total. The molecule has 1 aromatic carbocycles. The van der Waals surface area contributed by atoms with Gasteiger partial charge in [0.05, 0.1) is 0 Å². The summed E-state index contributed by atoms with van der Waals surface area (Å²) in [6.07, 6.45) is 3.31. The number of amides is 1. The molecular formula is C16H23N3O. The molecule has 1 atom stereocenters. The summed E-state index contributed by atoms with van der Waals surface area (Å²) < 4.78 is 0. The Morgan fingerprint density at radius 3 is 2.90 bits per heavy atom. The molecule has 1 unspecified atom stereocenters. The van der Waals surface area contributed by atoms with Crippen molar-refractivity contribution in [2.24, 2.45) is 5.92 Å². The van der Waals surface area contributed by atoms with Crippen LogP contribution in [0.2, 0.25) is 0 Å². The van der Waals surface area contributed by atoms with Gasteiger partial charge in [0.25, 0.3) is 0 Å². The lowest BCUT2D eigenvalue weighted by Gasteiger charge is -2.11. The normalized spacial score (nSPS) is 12.5. The van der Waals surface area contributed by atoms with E-state index in [0.717, 1.165) is 25.0 Å². The molecular weight excluding hydrogens is 250 g/mol. The highest BCUT2D eigenvalue weighted by Gasteiger charge is 2.07. The van der Waals surface area contributed by atoms with Crippen molar-refractivity contribution in [2.45, 2.75) is 19.8 Å². The minimum absolute atomic E-state index is 0.123. The number of aromatic amines is 1. The fourth-order valence-corrected chi connectivity index (χ4v) is 2.38. The minimum Gasteiger partial charge on any atom is -0.361 e. The second-order valence-corrected chi connectivity index (χ2v) is 5.33. The maximum Gasteiger partial charge on any atom is 0.220 e. The van der Waals surface area contributed by atoms with E-state index in [0.29, 0.717) is 12.3 Å². The zero-order valence-corrected chi connectivity index (χ0v) is 12.2. The summed E-state index contributed by atoms with van der Waals surface area (Å²) in [5.74, 6) is 0.579.